The molecule has 2 N–H and O–H groups in total. The van der Waals surface area contributed by atoms with Crippen molar-refractivity contribution < 1.29 is 9.90 Å². The SMILES string of the molecule is CCCC1(O)CN(C(=O)CNC(C)(C)C)C1. The van der Waals surface area contributed by atoms with Crippen LogP contribution in [0.3, 0.4) is 0 Å². The summed E-state index contributed by atoms with van der Waals surface area (Å²) in [6.45, 7) is 9.48. The summed E-state index contributed by atoms with van der Waals surface area (Å²) in [6, 6.07) is 0. The van der Waals surface area contributed by atoms with Crippen LogP contribution < -0.4 is 5.32 Å². The molecule has 0 spiro atoms. The molecule has 0 aromatic rings. The molecule has 1 amide bonds. The van der Waals surface area contributed by atoms with Crippen LogP contribution in [0.2, 0.25) is 0 Å². The molecule has 0 unspecified atom stereocenters. The van der Waals surface area contributed by atoms with Crippen LogP contribution in [0.15, 0.2) is 0 Å². The molecule has 16 heavy (non-hydrogen) atoms. The second-order valence-corrected chi connectivity index (χ2v) is 5.83. The van der Waals surface area contributed by atoms with Gasteiger partial charge >= 0.3 is 0 Å². The molecular formula is C12H24N2O2. The van der Waals surface area contributed by atoms with Gasteiger partial charge in [-0.3, -0.25) is 4.79 Å². The Labute approximate surface area is 98.0 Å². The van der Waals surface area contributed by atoms with Gasteiger partial charge in [0.15, 0.2) is 0 Å². The molecule has 0 aromatic heterocycles. The lowest BCUT2D eigenvalue weighted by atomic mass is 9.89. The van der Waals surface area contributed by atoms with Crippen LogP contribution in [0, 0.1) is 0 Å². The van der Waals surface area contributed by atoms with Gasteiger partial charge in [-0.2, -0.15) is 0 Å². The van der Waals surface area contributed by atoms with E-state index in [0.717, 1.165) is 12.8 Å². The van der Waals surface area contributed by atoms with E-state index in [2.05, 4.69) is 5.32 Å². The number of carbonyl (C=O) groups excluding carboxylic acids is 1. The number of hydrogen-bond acceptors (Lipinski definition) is 3. The Morgan fingerprint density at radius 3 is 2.44 bits per heavy atom. The first kappa shape index (κ1) is 13.5. The van der Waals surface area contributed by atoms with Gasteiger partial charge in [0.1, 0.15) is 0 Å². The molecule has 1 rings (SSSR count). The normalized spacial score (nSPS) is 19.4. The number of likely N-dealkylation sites (tertiary alicyclic amines) is 1. The lowest BCUT2D eigenvalue weighted by Crippen LogP contribution is -2.64. The van der Waals surface area contributed by atoms with Crippen molar-refractivity contribution in [3.63, 3.8) is 0 Å². The van der Waals surface area contributed by atoms with Gasteiger partial charge in [-0.1, -0.05) is 13.3 Å². The third-order valence-corrected chi connectivity index (χ3v) is 2.81. The summed E-state index contributed by atoms with van der Waals surface area (Å²) < 4.78 is 0. The summed E-state index contributed by atoms with van der Waals surface area (Å²) in [5.74, 6) is 0.0794. The molecule has 4 nitrogen and oxygen atoms in total. The van der Waals surface area contributed by atoms with Crippen molar-refractivity contribution in [2.24, 2.45) is 0 Å². The quantitative estimate of drug-likeness (QED) is 0.746. The zero-order valence-electron chi connectivity index (χ0n) is 10.8. The number of hydrogen-bond donors (Lipinski definition) is 2. The maximum absolute atomic E-state index is 11.7. The third kappa shape index (κ3) is 3.76. The zero-order valence-corrected chi connectivity index (χ0v) is 10.8. The molecule has 1 saturated heterocycles. The van der Waals surface area contributed by atoms with E-state index in [1.807, 2.05) is 27.7 Å². The molecule has 1 aliphatic rings. The first-order valence-electron chi connectivity index (χ1n) is 6.01. The lowest BCUT2D eigenvalue weighted by Gasteiger charge is -2.46. The predicted molar refractivity (Wildman–Crippen MR) is 64.2 cm³/mol. The average Bonchev–Trinajstić information content (AvgIpc) is 2.09. The van der Waals surface area contributed by atoms with Gasteiger partial charge in [-0.25, -0.2) is 0 Å². The van der Waals surface area contributed by atoms with E-state index in [0.29, 0.717) is 19.6 Å². The van der Waals surface area contributed by atoms with E-state index < -0.39 is 5.60 Å². The Balaban J connectivity index is 2.27. The van der Waals surface area contributed by atoms with Gasteiger partial charge in [0.2, 0.25) is 5.91 Å². The largest absolute Gasteiger partial charge is 0.386 e. The smallest absolute Gasteiger partial charge is 0.236 e. The highest BCUT2D eigenvalue weighted by Crippen LogP contribution is 2.25. The van der Waals surface area contributed by atoms with Crippen molar-refractivity contribution in [1.82, 2.24) is 10.2 Å². The molecule has 1 heterocycles. The Bertz CT molecular complexity index is 252. The highest BCUT2D eigenvalue weighted by atomic mass is 16.3. The van der Waals surface area contributed by atoms with Gasteiger partial charge < -0.3 is 15.3 Å². The lowest BCUT2D eigenvalue weighted by molar-refractivity contribution is -0.155. The molecule has 4 heteroatoms. The third-order valence-electron chi connectivity index (χ3n) is 2.81. The van der Waals surface area contributed by atoms with E-state index in [1.54, 1.807) is 4.90 Å². The summed E-state index contributed by atoms with van der Waals surface area (Å²) in [5.41, 5.74) is -0.660. The van der Waals surface area contributed by atoms with Crippen LogP contribution in [-0.2, 0) is 4.79 Å². The Morgan fingerprint density at radius 1 is 1.44 bits per heavy atom. The molecule has 1 aliphatic heterocycles. The minimum atomic E-state index is -0.619. The predicted octanol–water partition coefficient (Wildman–Crippen LogP) is 0.748. The van der Waals surface area contributed by atoms with E-state index in [4.69, 9.17) is 0 Å². The monoisotopic (exact) mass is 228 g/mol. The van der Waals surface area contributed by atoms with Crippen molar-refractivity contribution >= 4 is 5.91 Å². The van der Waals surface area contributed by atoms with Crippen molar-refractivity contribution in [1.29, 1.82) is 0 Å². The summed E-state index contributed by atoms with van der Waals surface area (Å²) in [7, 11) is 0. The van der Waals surface area contributed by atoms with Gasteiger partial charge in [0.25, 0.3) is 0 Å². The van der Waals surface area contributed by atoms with Crippen molar-refractivity contribution in [3.8, 4) is 0 Å². The summed E-state index contributed by atoms with van der Waals surface area (Å²) in [4.78, 5) is 13.4. The second kappa shape index (κ2) is 4.72. The summed E-state index contributed by atoms with van der Waals surface area (Å²) in [6.07, 6.45) is 1.74. The van der Waals surface area contributed by atoms with Gasteiger partial charge in [-0.05, 0) is 27.2 Å². The van der Waals surface area contributed by atoms with Crippen molar-refractivity contribution in [2.75, 3.05) is 19.6 Å². The van der Waals surface area contributed by atoms with Gasteiger partial charge in [0.05, 0.1) is 25.2 Å². The maximum Gasteiger partial charge on any atom is 0.236 e. The molecule has 0 atom stereocenters. The zero-order chi connectivity index (χ0) is 12.4. The van der Waals surface area contributed by atoms with Crippen LogP contribution >= 0.6 is 0 Å². The van der Waals surface area contributed by atoms with Crippen LogP contribution in [0.4, 0.5) is 0 Å². The van der Waals surface area contributed by atoms with E-state index in [1.165, 1.54) is 0 Å². The number of aliphatic hydroxyl groups is 1. The molecule has 0 aromatic carbocycles. The summed E-state index contributed by atoms with van der Waals surface area (Å²) in [5, 5.41) is 13.1. The second-order valence-electron chi connectivity index (χ2n) is 5.83. The number of β-amino-alcohol motifs (C(OH)–C–C–N with tert-alkyl or cyclic N) is 1. The Hall–Kier alpha value is -0.610. The van der Waals surface area contributed by atoms with Crippen LogP contribution in [-0.4, -0.2) is 46.7 Å². The molecule has 0 saturated carbocycles. The number of nitrogens with zero attached hydrogens (tertiary/aromatic N) is 1. The molecule has 94 valence electrons. The van der Waals surface area contributed by atoms with E-state index >= 15 is 0 Å². The molecular weight excluding hydrogens is 204 g/mol. The fourth-order valence-electron chi connectivity index (χ4n) is 1.92. The molecule has 0 radical (unpaired) electrons. The highest BCUT2D eigenvalue weighted by molar-refractivity contribution is 5.79. The van der Waals surface area contributed by atoms with Crippen molar-refractivity contribution in [2.45, 2.75) is 51.7 Å². The van der Waals surface area contributed by atoms with Gasteiger partial charge in [-0.15, -0.1) is 0 Å². The average molecular weight is 228 g/mol. The number of amides is 1. The van der Waals surface area contributed by atoms with Crippen LogP contribution in [0.5, 0.6) is 0 Å². The van der Waals surface area contributed by atoms with Gasteiger partial charge in [0, 0.05) is 5.54 Å². The number of rotatable bonds is 4. The van der Waals surface area contributed by atoms with E-state index in [-0.39, 0.29) is 11.4 Å². The molecule has 0 bridgehead atoms. The standard InChI is InChI=1S/C12H24N2O2/c1-5-6-12(16)8-14(9-12)10(15)7-13-11(2,3)4/h13,16H,5-9H2,1-4H3. The fraction of sp³-hybridized carbons (Fsp3) is 0.917. The highest BCUT2D eigenvalue weighted by Gasteiger charge is 2.42. The van der Waals surface area contributed by atoms with Crippen LogP contribution in [0.1, 0.15) is 40.5 Å². The minimum absolute atomic E-state index is 0.0414. The Morgan fingerprint density at radius 2 is 2.00 bits per heavy atom. The summed E-state index contributed by atoms with van der Waals surface area (Å²) >= 11 is 0. The number of nitrogens with one attached hydrogen (secondary N) is 1. The first-order valence-corrected chi connectivity index (χ1v) is 6.01. The number of carbonyl (C=O) groups is 1. The first-order chi connectivity index (χ1) is 7.26. The van der Waals surface area contributed by atoms with E-state index in [9.17, 15) is 9.90 Å². The fourth-order valence-corrected chi connectivity index (χ4v) is 1.92. The van der Waals surface area contributed by atoms with Crippen molar-refractivity contribution in [3.05, 3.63) is 0 Å². The molecule has 0 aliphatic carbocycles. The minimum Gasteiger partial charge on any atom is -0.386 e. The maximum atomic E-state index is 11.7. The Kier molecular flexibility index (Phi) is 3.97. The topological polar surface area (TPSA) is 52.6 Å². The molecule has 1 fully saturated rings. The van der Waals surface area contributed by atoms with Crippen LogP contribution in [0.25, 0.3) is 0 Å².